The van der Waals surface area contributed by atoms with E-state index in [9.17, 15) is 22.0 Å². The van der Waals surface area contributed by atoms with Crippen molar-refractivity contribution in [3.05, 3.63) is 64.5 Å². The van der Waals surface area contributed by atoms with Crippen LogP contribution in [-0.2, 0) is 0 Å². The number of aryl methyl sites for hydroxylation is 1. The van der Waals surface area contributed by atoms with E-state index in [0.29, 0.717) is 5.56 Å². The van der Waals surface area contributed by atoms with Crippen molar-refractivity contribution in [2.45, 2.75) is 19.9 Å². The molecule has 2 aromatic rings. The number of halogens is 5. The normalized spacial score (nSPS) is 12.3. The second-order valence-electron chi connectivity index (χ2n) is 4.67. The van der Waals surface area contributed by atoms with E-state index in [4.69, 9.17) is 0 Å². The van der Waals surface area contributed by atoms with Crippen LogP contribution in [0, 0.1) is 36.0 Å². The third kappa shape index (κ3) is 2.70. The van der Waals surface area contributed by atoms with E-state index >= 15 is 0 Å². The fraction of sp³-hybridized carbons (Fsp3) is 0.200. The Balaban J connectivity index is 2.43. The second-order valence-corrected chi connectivity index (χ2v) is 4.67. The minimum absolute atomic E-state index is 0.625. The van der Waals surface area contributed by atoms with Crippen LogP contribution in [0.3, 0.4) is 0 Å². The average Bonchev–Trinajstić information content (AvgIpc) is 2.48. The van der Waals surface area contributed by atoms with Gasteiger partial charge in [0, 0.05) is 6.04 Å². The maximum absolute atomic E-state index is 13.6. The third-order valence-corrected chi connectivity index (χ3v) is 3.23. The smallest absolute Gasteiger partial charge is 0.200 e. The summed E-state index contributed by atoms with van der Waals surface area (Å²) in [6.45, 7) is 3.35. The van der Waals surface area contributed by atoms with Gasteiger partial charge in [-0.15, -0.1) is 0 Å². The van der Waals surface area contributed by atoms with Crippen LogP contribution in [-0.4, -0.2) is 0 Å². The Labute approximate surface area is 118 Å². The zero-order chi connectivity index (χ0) is 15.7. The lowest BCUT2D eigenvalue weighted by Gasteiger charge is -2.19. The molecule has 0 radical (unpaired) electrons. The first kappa shape index (κ1) is 15.3. The molecule has 1 atom stereocenters. The molecule has 0 amide bonds. The van der Waals surface area contributed by atoms with Crippen LogP contribution < -0.4 is 5.32 Å². The van der Waals surface area contributed by atoms with Crippen molar-refractivity contribution in [3.8, 4) is 0 Å². The maximum Gasteiger partial charge on any atom is 0.200 e. The van der Waals surface area contributed by atoms with Crippen molar-refractivity contribution in [1.82, 2.24) is 0 Å². The topological polar surface area (TPSA) is 12.0 Å². The molecule has 21 heavy (non-hydrogen) atoms. The van der Waals surface area contributed by atoms with Crippen molar-refractivity contribution < 1.29 is 22.0 Å². The molecule has 0 aliphatic rings. The summed E-state index contributed by atoms with van der Waals surface area (Å²) in [5, 5.41) is 2.35. The van der Waals surface area contributed by atoms with Gasteiger partial charge < -0.3 is 5.32 Å². The SMILES string of the molecule is Cc1ccccc1C(C)Nc1c(F)c(F)c(F)c(F)c1F. The van der Waals surface area contributed by atoms with Gasteiger partial charge in [0.25, 0.3) is 0 Å². The monoisotopic (exact) mass is 301 g/mol. The molecule has 2 aromatic carbocycles. The van der Waals surface area contributed by atoms with E-state index in [1.54, 1.807) is 38.1 Å². The molecular weight excluding hydrogens is 289 g/mol. The number of rotatable bonds is 3. The maximum atomic E-state index is 13.6. The molecule has 0 aliphatic heterocycles. The number of hydrogen-bond acceptors (Lipinski definition) is 1. The third-order valence-electron chi connectivity index (χ3n) is 3.23. The van der Waals surface area contributed by atoms with Gasteiger partial charge in [-0.2, -0.15) is 0 Å². The quantitative estimate of drug-likeness (QED) is 0.485. The van der Waals surface area contributed by atoms with Crippen LogP contribution in [0.1, 0.15) is 24.1 Å². The van der Waals surface area contributed by atoms with Crippen LogP contribution in [0.4, 0.5) is 27.6 Å². The van der Waals surface area contributed by atoms with Crippen molar-refractivity contribution in [3.63, 3.8) is 0 Å². The molecule has 2 rings (SSSR count). The zero-order valence-corrected chi connectivity index (χ0v) is 11.3. The van der Waals surface area contributed by atoms with E-state index in [-0.39, 0.29) is 0 Å². The first-order chi connectivity index (χ1) is 9.84. The standard InChI is InChI=1S/C15H12F5N/c1-7-5-3-4-6-9(7)8(2)21-15-13(19)11(17)10(16)12(18)14(15)20/h3-6,8,21H,1-2H3. The van der Waals surface area contributed by atoms with Gasteiger partial charge in [0.2, 0.25) is 5.82 Å². The fourth-order valence-electron chi connectivity index (χ4n) is 2.10. The van der Waals surface area contributed by atoms with Gasteiger partial charge in [0.1, 0.15) is 5.69 Å². The van der Waals surface area contributed by atoms with Crippen LogP contribution in [0.2, 0.25) is 0 Å². The summed E-state index contributed by atoms with van der Waals surface area (Å²) < 4.78 is 66.4. The first-order valence-electron chi connectivity index (χ1n) is 6.18. The van der Waals surface area contributed by atoms with Gasteiger partial charge in [-0.25, -0.2) is 22.0 Å². The predicted molar refractivity (Wildman–Crippen MR) is 69.4 cm³/mol. The number of nitrogens with one attached hydrogen (secondary N) is 1. The van der Waals surface area contributed by atoms with Gasteiger partial charge >= 0.3 is 0 Å². The van der Waals surface area contributed by atoms with Gasteiger partial charge in [-0.05, 0) is 25.0 Å². The van der Waals surface area contributed by atoms with E-state index in [2.05, 4.69) is 5.32 Å². The van der Waals surface area contributed by atoms with Gasteiger partial charge in [0.15, 0.2) is 23.3 Å². The predicted octanol–water partition coefficient (Wildman–Crippen LogP) is 4.86. The number of anilines is 1. The Hall–Kier alpha value is -2.11. The lowest BCUT2D eigenvalue weighted by atomic mass is 10.0. The van der Waals surface area contributed by atoms with Gasteiger partial charge in [0.05, 0.1) is 0 Å². The molecule has 112 valence electrons. The van der Waals surface area contributed by atoms with Gasteiger partial charge in [-0.1, -0.05) is 24.3 Å². The van der Waals surface area contributed by atoms with Crippen molar-refractivity contribution >= 4 is 5.69 Å². The van der Waals surface area contributed by atoms with E-state index in [1.165, 1.54) is 0 Å². The Bertz CT molecular complexity index is 655. The summed E-state index contributed by atoms with van der Waals surface area (Å²) in [5.41, 5.74) is 0.505. The highest BCUT2D eigenvalue weighted by Crippen LogP contribution is 2.30. The molecule has 0 heterocycles. The van der Waals surface area contributed by atoms with Crippen LogP contribution in [0.25, 0.3) is 0 Å². The number of hydrogen-bond donors (Lipinski definition) is 1. The van der Waals surface area contributed by atoms with Crippen molar-refractivity contribution in [1.29, 1.82) is 0 Å². The Morgan fingerprint density at radius 1 is 0.810 bits per heavy atom. The largest absolute Gasteiger partial charge is 0.374 e. The summed E-state index contributed by atoms with van der Waals surface area (Å²) in [5.74, 6) is -9.83. The summed E-state index contributed by atoms with van der Waals surface area (Å²) in [6.07, 6.45) is 0. The highest BCUT2D eigenvalue weighted by molar-refractivity contribution is 5.50. The Morgan fingerprint density at radius 3 is 1.81 bits per heavy atom. The second kappa shape index (κ2) is 5.71. The van der Waals surface area contributed by atoms with E-state index in [0.717, 1.165) is 5.56 Å². The van der Waals surface area contributed by atoms with E-state index in [1.807, 2.05) is 0 Å². The minimum atomic E-state index is -2.17. The first-order valence-corrected chi connectivity index (χ1v) is 6.18. The molecule has 1 N–H and O–H groups in total. The minimum Gasteiger partial charge on any atom is -0.374 e. The summed E-state index contributed by atoms with van der Waals surface area (Å²) in [7, 11) is 0. The lowest BCUT2D eigenvalue weighted by Crippen LogP contribution is -2.14. The number of benzene rings is 2. The molecular formula is C15H12F5N. The Kier molecular flexibility index (Phi) is 4.16. The fourth-order valence-corrected chi connectivity index (χ4v) is 2.10. The van der Waals surface area contributed by atoms with Crippen LogP contribution in [0.15, 0.2) is 24.3 Å². The molecule has 1 nitrogen and oxygen atoms in total. The Morgan fingerprint density at radius 2 is 1.29 bits per heavy atom. The molecule has 0 aliphatic carbocycles. The molecule has 0 fully saturated rings. The summed E-state index contributed by atoms with van der Waals surface area (Å²) in [6, 6.07) is 6.37. The van der Waals surface area contributed by atoms with Crippen LogP contribution in [0.5, 0.6) is 0 Å². The highest BCUT2D eigenvalue weighted by Gasteiger charge is 2.26. The zero-order valence-electron chi connectivity index (χ0n) is 11.3. The summed E-state index contributed by atoms with van der Waals surface area (Å²) in [4.78, 5) is 0. The highest BCUT2D eigenvalue weighted by atomic mass is 19.2. The summed E-state index contributed by atoms with van der Waals surface area (Å²) >= 11 is 0. The molecule has 0 bridgehead atoms. The molecule has 6 heteroatoms. The lowest BCUT2D eigenvalue weighted by molar-refractivity contribution is 0.381. The van der Waals surface area contributed by atoms with Crippen LogP contribution >= 0.6 is 0 Å². The molecule has 0 saturated carbocycles. The van der Waals surface area contributed by atoms with Gasteiger partial charge in [-0.3, -0.25) is 0 Å². The van der Waals surface area contributed by atoms with Crippen molar-refractivity contribution in [2.24, 2.45) is 0 Å². The molecule has 1 unspecified atom stereocenters. The average molecular weight is 301 g/mol. The molecule has 0 spiro atoms. The van der Waals surface area contributed by atoms with Crippen molar-refractivity contribution in [2.75, 3.05) is 5.32 Å². The van der Waals surface area contributed by atoms with E-state index < -0.39 is 40.8 Å². The molecule has 0 aromatic heterocycles. The molecule has 0 saturated heterocycles.